The molecule has 0 bridgehead atoms. The van der Waals surface area contributed by atoms with Gasteiger partial charge in [0.2, 0.25) is 0 Å². The standard InChI is InChI=1S/C18H13BO3.C16H36P/c20-19(21)22-17-7-3-6-12-8-9-15-10-13-4-1-2-5-14(13)11-16(15)18(12)17;1-5-9-13-17(14-10-6-2,15-11-7-3)16-12-8-4/h1-11,20-21H;5-16H2,1-4H3/q;+1. The fourth-order valence-corrected chi connectivity index (χ4v) is 10.9. The smallest absolute Gasteiger partial charge is 0.511 e. The van der Waals surface area contributed by atoms with Gasteiger partial charge in [0.15, 0.2) is 0 Å². The summed E-state index contributed by atoms with van der Waals surface area (Å²) < 4.78 is 5.16. The maximum Gasteiger partial charge on any atom is 0.707 e. The average Bonchev–Trinajstić information content (AvgIpc) is 2.95. The number of rotatable bonds is 14. The molecule has 39 heavy (non-hydrogen) atoms. The zero-order chi connectivity index (χ0) is 28.1. The van der Waals surface area contributed by atoms with Crippen LogP contribution in [0.25, 0.3) is 32.3 Å². The Morgan fingerprint density at radius 3 is 1.59 bits per heavy atom. The molecule has 210 valence electrons. The molecular weight excluding hydrogens is 498 g/mol. The van der Waals surface area contributed by atoms with Gasteiger partial charge >= 0.3 is 7.32 Å². The van der Waals surface area contributed by atoms with Crippen LogP contribution < -0.4 is 4.65 Å². The molecule has 0 saturated heterocycles. The summed E-state index contributed by atoms with van der Waals surface area (Å²) in [6.07, 6.45) is 17.9. The molecule has 2 N–H and O–H groups in total. The minimum absolute atomic E-state index is 0.466. The summed E-state index contributed by atoms with van der Waals surface area (Å²) in [5.74, 6) is 0.466. The molecule has 0 amide bonds. The lowest BCUT2D eigenvalue weighted by atomic mass is 9.97. The summed E-state index contributed by atoms with van der Waals surface area (Å²) in [6.45, 7) is 9.42. The summed E-state index contributed by atoms with van der Waals surface area (Å²) in [5.41, 5.74) is 0. The molecule has 0 unspecified atom stereocenters. The predicted molar refractivity (Wildman–Crippen MR) is 176 cm³/mol. The Kier molecular flexibility index (Phi) is 13.1. The Bertz CT molecular complexity index is 1250. The molecule has 3 nitrogen and oxygen atoms in total. The average molecular weight is 548 g/mol. The Labute approximate surface area is 237 Å². The van der Waals surface area contributed by atoms with E-state index in [0.717, 1.165) is 26.9 Å². The van der Waals surface area contributed by atoms with Gasteiger partial charge in [0.1, 0.15) is 5.75 Å². The normalized spacial score (nSPS) is 11.5. The van der Waals surface area contributed by atoms with Crippen LogP contribution in [0.1, 0.15) is 79.1 Å². The first-order valence-corrected chi connectivity index (χ1v) is 17.7. The first-order chi connectivity index (χ1) is 19.0. The van der Waals surface area contributed by atoms with Crippen LogP contribution in [0.15, 0.2) is 66.7 Å². The van der Waals surface area contributed by atoms with E-state index in [1.807, 2.05) is 30.3 Å². The van der Waals surface area contributed by atoms with Crippen molar-refractivity contribution < 1.29 is 14.7 Å². The Morgan fingerprint density at radius 2 is 1.08 bits per heavy atom. The molecule has 4 aromatic rings. The molecule has 0 aromatic heterocycles. The molecule has 0 spiro atoms. The number of unbranched alkanes of at least 4 members (excludes halogenated alkanes) is 4. The summed E-state index contributed by atoms with van der Waals surface area (Å²) in [4.78, 5) is 0. The SMILES string of the molecule is CCCC[P+](CCCC)(CCCC)CCCC.OB(O)Oc1cccc2ccc3cc4ccccc4cc3c12. The van der Waals surface area contributed by atoms with Crippen LogP contribution in [0.4, 0.5) is 0 Å². The van der Waals surface area contributed by atoms with E-state index >= 15 is 0 Å². The molecule has 0 radical (unpaired) electrons. The second kappa shape index (κ2) is 16.2. The Morgan fingerprint density at radius 1 is 0.590 bits per heavy atom. The highest BCUT2D eigenvalue weighted by Crippen LogP contribution is 2.61. The molecule has 0 atom stereocenters. The number of hydrogen-bond acceptors (Lipinski definition) is 3. The minimum Gasteiger partial charge on any atom is -0.511 e. The lowest BCUT2D eigenvalue weighted by Crippen LogP contribution is -2.20. The van der Waals surface area contributed by atoms with Crippen LogP contribution in [0, 0.1) is 0 Å². The highest BCUT2D eigenvalue weighted by Gasteiger charge is 2.34. The fraction of sp³-hybridized carbons (Fsp3) is 0.471. The van der Waals surface area contributed by atoms with Crippen molar-refractivity contribution >= 4 is 46.9 Å². The summed E-state index contributed by atoms with van der Waals surface area (Å²) in [7, 11) is -2.39. The highest BCUT2D eigenvalue weighted by molar-refractivity contribution is 7.75. The van der Waals surface area contributed by atoms with Gasteiger partial charge in [-0.05, 0) is 70.8 Å². The van der Waals surface area contributed by atoms with Crippen molar-refractivity contribution in [2.75, 3.05) is 24.6 Å². The summed E-state index contributed by atoms with van der Waals surface area (Å²) in [6, 6.07) is 22.1. The topological polar surface area (TPSA) is 49.7 Å². The third-order valence-electron chi connectivity index (χ3n) is 7.86. The predicted octanol–water partition coefficient (Wildman–Crippen LogP) is 9.70. The second-order valence-corrected chi connectivity index (χ2v) is 15.4. The van der Waals surface area contributed by atoms with Crippen molar-refractivity contribution in [1.29, 1.82) is 0 Å². The van der Waals surface area contributed by atoms with E-state index in [2.05, 4.69) is 58.0 Å². The van der Waals surface area contributed by atoms with Gasteiger partial charge in [-0.2, -0.15) is 0 Å². The lowest BCUT2D eigenvalue weighted by Gasteiger charge is -2.28. The van der Waals surface area contributed by atoms with Crippen molar-refractivity contribution in [2.24, 2.45) is 0 Å². The first-order valence-electron chi connectivity index (χ1n) is 15.2. The van der Waals surface area contributed by atoms with Gasteiger partial charge < -0.3 is 14.7 Å². The largest absolute Gasteiger partial charge is 0.707 e. The van der Waals surface area contributed by atoms with Crippen molar-refractivity contribution in [3.8, 4) is 5.75 Å². The number of benzene rings is 4. The Balaban J connectivity index is 0.000000225. The quantitative estimate of drug-likeness (QED) is 0.0715. The summed E-state index contributed by atoms with van der Waals surface area (Å²) in [5, 5.41) is 24.6. The highest BCUT2D eigenvalue weighted by atomic mass is 31.2. The first kappa shape index (κ1) is 31.4. The molecule has 0 aliphatic rings. The number of hydrogen-bond donors (Lipinski definition) is 2. The molecule has 0 aliphatic carbocycles. The van der Waals surface area contributed by atoms with E-state index in [-0.39, 0.29) is 0 Å². The monoisotopic (exact) mass is 547 g/mol. The number of fused-ring (bicyclic) bond motifs is 4. The van der Waals surface area contributed by atoms with Gasteiger partial charge in [-0.1, -0.05) is 102 Å². The maximum atomic E-state index is 9.14. The van der Waals surface area contributed by atoms with E-state index in [4.69, 9.17) is 14.7 Å². The van der Waals surface area contributed by atoms with Gasteiger partial charge in [0.25, 0.3) is 0 Å². The third kappa shape index (κ3) is 8.94. The molecular formula is C34H49BO3P+. The fourth-order valence-electron chi connectivity index (χ4n) is 5.62. The van der Waals surface area contributed by atoms with Gasteiger partial charge in [0, 0.05) is 12.6 Å². The van der Waals surface area contributed by atoms with Crippen molar-refractivity contribution in [2.45, 2.75) is 79.1 Å². The van der Waals surface area contributed by atoms with Gasteiger partial charge in [0.05, 0.1) is 24.6 Å². The zero-order valence-electron chi connectivity index (χ0n) is 24.7. The summed E-state index contributed by atoms with van der Waals surface area (Å²) >= 11 is 0. The van der Waals surface area contributed by atoms with Crippen molar-refractivity contribution in [1.82, 2.24) is 0 Å². The van der Waals surface area contributed by atoms with Gasteiger partial charge in [-0.25, -0.2) is 0 Å². The third-order valence-corrected chi connectivity index (χ3v) is 12.9. The van der Waals surface area contributed by atoms with E-state index in [1.165, 1.54) is 56.8 Å². The van der Waals surface area contributed by atoms with Crippen LogP contribution in [-0.4, -0.2) is 42.0 Å². The van der Waals surface area contributed by atoms with Crippen molar-refractivity contribution in [3.05, 3.63) is 66.7 Å². The van der Waals surface area contributed by atoms with Crippen LogP contribution in [0.5, 0.6) is 5.75 Å². The zero-order valence-corrected chi connectivity index (χ0v) is 25.6. The molecule has 0 saturated carbocycles. The molecule has 5 heteroatoms. The van der Waals surface area contributed by atoms with Crippen LogP contribution >= 0.6 is 7.26 Å². The Hall–Kier alpha value is -2.13. The van der Waals surface area contributed by atoms with Crippen molar-refractivity contribution in [3.63, 3.8) is 0 Å². The van der Waals surface area contributed by atoms with Crippen LogP contribution in [0.2, 0.25) is 0 Å². The van der Waals surface area contributed by atoms with E-state index in [1.54, 1.807) is 30.7 Å². The minimum atomic E-state index is -1.83. The van der Waals surface area contributed by atoms with E-state index < -0.39 is 14.6 Å². The van der Waals surface area contributed by atoms with Crippen LogP contribution in [-0.2, 0) is 0 Å². The van der Waals surface area contributed by atoms with E-state index in [9.17, 15) is 0 Å². The van der Waals surface area contributed by atoms with E-state index in [0.29, 0.717) is 5.75 Å². The molecule has 4 rings (SSSR count). The second-order valence-electron chi connectivity index (χ2n) is 10.9. The van der Waals surface area contributed by atoms with Crippen LogP contribution in [0.3, 0.4) is 0 Å². The molecule has 0 fully saturated rings. The molecule has 0 aliphatic heterocycles. The molecule has 4 aromatic carbocycles. The lowest BCUT2D eigenvalue weighted by molar-refractivity contribution is 0.289. The van der Waals surface area contributed by atoms with Gasteiger partial charge in [-0.3, -0.25) is 0 Å². The molecule has 0 heterocycles. The maximum absolute atomic E-state index is 9.14. The van der Waals surface area contributed by atoms with Gasteiger partial charge in [-0.15, -0.1) is 0 Å².